The Balaban J connectivity index is -0.0000000275. The number of hydrogen-bond donors (Lipinski definition) is 2. The molecule has 6 heavy (non-hydrogen) atoms. The van der Waals surface area contributed by atoms with E-state index < -0.39 is 18.5 Å². The van der Waals surface area contributed by atoms with Crippen molar-refractivity contribution in [3.05, 3.63) is 0 Å². The molecule has 0 aromatic carbocycles. The molecule has 6 heteroatoms. The van der Waals surface area contributed by atoms with Crippen molar-refractivity contribution in [2.24, 2.45) is 11.7 Å². The van der Waals surface area contributed by atoms with Crippen molar-refractivity contribution >= 4 is 0 Å². The summed E-state index contributed by atoms with van der Waals surface area (Å²) in [5, 5.41) is 0. The molecule has 5 nitrogen and oxygen atoms in total. The van der Waals surface area contributed by atoms with E-state index in [4.69, 9.17) is 6.80 Å². The molecule has 0 saturated carbocycles. The van der Waals surface area contributed by atoms with Gasteiger partial charge in [-0.05, 0) is 0 Å². The van der Waals surface area contributed by atoms with Gasteiger partial charge in [0.05, 0.1) is 0 Å². The molecule has 0 aliphatic carbocycles. The molecule has 0 unspecified atom stereocenters. The Morgan fingerprint density at radius 1 is 1.17 bits per heavy atom. The van der Waals surface area contributed by atoms with E-state index in [9.17, 15) is 0 Å². The first-order valence-corrected chi connectivity index (χ1v) is 2.31. The van der Waals surface area contributed by atoms with Crippen molar-refractivity contribution in [2.45, 2.75) is 0 Å². The quantitative estimate of drug-likeness (QED) is 0.247. The molecule has 0 bridgehead atoms. The zero-order valence-electron chi connectivity index (χ0n) is 2.88. The standard InChI is InChI=1S/Mo.H4N2.H2O.2O/c;1-2;;;/h;1-2H2;1H2;;. The maximum absolute atomic E-state index is 8.50. The van der Waals surface area contributed by atoms with Crippen LogP contribution in [0.3, 0.4) is 0 Å². The van der Waals surface area contributed by atoms with Crippen LogP contribution in [-0.4, -0.2) is 5.48 Å². The van der Waals surface area contributed by atoms with Crippen LogP contribution in [0.25, 0.3) is 0 Å². The summed E-state index contributed by atoms with van der Waals surface area (Å²) in [4.78, 5) is 0. The molecule has 0 radical (unpaired) electrons. The van der Waals surface area contributed by atoms with Crippen LogP contribution in [0.4, 0.5) is 0 Å². The Morgan fingerprint density at radius 2 is 1.17 bits per heavy atom. The van der Waals surface area contributed by atoms with Gasteiger partial charge < -0.3 is 5.48 Å². The van der Waals surface area contributed by atoms with Crippen molar-refractivity contribution in [3.63, 3.8) is 0 Å². The molecular weight excluding hydrogens is 172 g/mol. The second-order valence-corrected chi connectivity index (χ2v) is 0.403. The second kappa shape index (κ2) is 65.8. The third-order valence-electron chi connectivity index (χ3n) is 0. The zero-order chi connectivity index (χ0) is 4.71. The van der Waals surface area contributed by atoms with Crippen LogP contribution in [0, 0.1) is 0 Å². The van der Waals surface area contributed by atoms with E-state index in [1.165, 1.54) is 0 Å². The fourth-order valence-corrected chi connectivity index (χ4v) is 0. The fraction of sp³-hybridized carbons (Fsp3) is 0. The fourth-order valence-electron chi connectivity index (χ4n) is 0. The second-order valence-electron chi connectivity index (χ2n) is 0.0680. The summed E-state index contributed by atoms with van der Waals surface area (Å²) < 4.78 is 17.0. The average Bonchev–Trinajstić information content (AvgIpc) is 1.46. The molecular formula is H6MoN2O3. The van der Waals surface area contributed by atoms with Crippen molar-refractivity contribution in [1.82, 2.24) is 0 Å². The summed E-state index contributed by atoms with van der Waals surface area (Å²) in [5.41, 5.74) is 0. The van der Waals surface area contributed by atoms with Gasteiger partial charge in [-0.25, -0.2) is 0 Å². The van der Waals surface area contributed by atoms with E-state index in [1.807, 2.05) is 0 Å². The molecule has 0 heterocycles. The first-order chi connectivity index (χ1) is 2.41. The van der Waals surface area contributed by atoms with Gasteiger partial charge in [-0.3, -0.25) is 11.7 Å². The van der Waals surface area contributed by atoms with E-state index in [1.54, 1.807) is 0 Å². The van der Waals surface area contributed by atoms with E-state index in [0.29, 0.717) is 0 Å². The minimum atomic E-state index is -2.03. The SMILES string of the molecule is NN.O.[O]=[Mo]=[O]. The van der Waals surface area contributed by atoms with Crippen LogP contribution in [0.5, 0.6) is 0 Å². The van der Waals surface area contributed by atoms with Crippen molar-refractivity contribution in [1.29, 1.82) is 0 Å². The first-order valence-electron chi connectivity index (χ1n) is 0.667. The summed E-state index contributed by atoms with van der Waals surface area (Å²) >= 11 is -2.03. The van der Waals surface area contributed by atoms with Gasteiger partial charge in [0.1, 0.15) is 0 Å². The van der Waals surface area contributed by atoms with Gasteiger partial charge >= 0.3 is 25.3 Å². The summed E-state index contributed by atoms with van der Waals surface area (Å²) in [6.45, 7) is 0. The monoisotopic (exact) mass is 180 g/mol. The Kier molecular flexibility index (Phi) is 180. The first kappa shape index (κ1) is 16.4. The molecule has 0 atom stereocenters. The predicted octanol–water partition coefficient (Wildman–Crippen LogP) is -2.25. The van der Waals surface area contributed by atoms with Gasteiger partial charge in [0.25, 0.3) is 0 Å². The molecule has 0 fully saturated rings. The van der Waals surface area contributed by atoms with Crippen LogP contribution in [-0.2, 0) is 25.3 Å². The van der Waals surface area contributed by atoms with Crippen LogP contribution >= 0.6 is 0 Å². The van der Waals surface area contributed by atoms with Crippen LogP contribution in [0.2, 0.25) is 0 Å². The molecule has 0 aromatic heterocycles. The zero-order valence-corrected chi connectivity index (χ0v) is 4.89. The molecule has 0 aliphatic heterocycles. The molecule has 0 aromatic rings. The summed E-state index contributed by atoms with van der Waals surface area (Å²) in [7, 11) is 0. The minimum absolute atomic E-state index is 0. The van der Waals surface area contributed by atoms with Gasteiger partial charge in [0, 0.05) is 0 Å². The van der Waals surface area contributed by atoms with Crippen LogP contribution in [0.15, 0.2) is 0 Å². The summed E-state index contributed by atoms with van der Waals surface area (Å²) in [6, 6.07) is 0. The van der Waals surface area contributed by atoms with E-state index >= 15 is 0 Å². The van der Waals surface area contributed by atoms with Gasteiger partial charge in [-0.1, -0.05) is 0 Å². The predicted molar refractivity (Wildman–Crippen MR) is 13.4 cm³/mol. The van der Waals surface area contributed by atoms with Gasteiger partial charge in [-0.2, -0.15) is 0 Å². The maximum atomic E-state index is 8.50. The molecule has 40 valence electrons. The third-order valence-corrected chi connectivity index (χ3v) is 0. The molecule has 0 saturated heterocycles. The van der Waals surface area contributed by atoms with E-state index in [0.717, 1.165) is 0 Å². The number of rotatable bonds is 0. The third kappa shape index (κ3) is 1480. The normalized spacial score (nSPS) is 3.00. The van der Waals surface area contributed by atoms with Gasteiger partial charge in [0.15, 0.2) is 0 Å². The molecule has 0 amide bonds. The van der Waals surface area contributed by atoms with Crippen molar-refractivity contribution in [3.8, 4) is 0 Å². The molecule has 0 rings (SSSR count). The number of hydrazine groups is 1. The van der Waals surface area contributed by atoms with E-state index in [-0.39, 0.29) is 5.48 Å². The summed E-state index contributed by atoms with van der Waals surface area (Å²) in [6.07, 6.45) is 0. The Bertz CT molecular complexity index is 29.8. The van der Waals surface area contributed by atoms with Crippen LogP contribution in [0.1, 0.15) is 0 Å². The molecule has 0 spiro atoms. The van der Waals surface area contributed by atoms with E-state index in [2.05, 4.69) is 11.7 Å². The number of hydrogen-bond acceptors (Lipinski definition) is 4. The number of nitrogens with two attached hydrogens (primary N) is 2. The topological polar surface area (TPSA) is 118 Å². The van der Waals surface area contributed by atoms with Crippen LogP contribution < -0.4 is 11.7 Å². The van der Waals surface area contributed by atoms with Crippen molar-refractivity contribution in [2.75, 3.05) is 0 Å². The van der Waals surface area contributed by atoms with Gasteiger partial charge in [0.2, 0.25) is 0 Å². The molecule has 6 N–H and O–H groups in total. The Labute approximate surface area is 43.1 Å². The average molecular weight is 178 g/mol. The van der Waals surface area contributed by atoms with Crippen molar-refractivity contribution < 1.29 is 30.8 Å². The van der Waals surface area contributed by atoms with Gasteiger partial charge in [-0.15, -0.1) is 0 Å². The molecule has 0 aliphatic rings. The Hall–Kier alpha value is 0.168. The summed E-state index contributed by atoms with van der Waals surface area (Å²) in [5.74, 6) is 8.00. The Morgan fingerprint density at radius 3 is 1.17 bits per heavy atom.